The maximum absolute atomic E-state index is 14.3. The van der Waals surface area contributed by atoms with Gasteiger partial charge in [-0.15, -0.1) is 0 Å². The summed E-state index contributed by atoms with van der Waals surface area (Å²) in [5.74, 6) is 0.00718. The Bertz CT molecular complexity index is 1140. The lowest BCUT2D eigenvalue weighted by molar-refractivity contribution is -0.162. The van der Waals surface area contributed by atoms with Crippen LogP contribution in [0.3, 0.4) is 0 Å². The van der Waals surface area contributed by atoms with Crippen molar-refractivity contribution in [2.24, 2.45) is 29.1 Å². The summed E-state index contributed by atoms with van der Waals surface area (Å²) in [5, 5.41) is 14.5. The van der Waals surface area contributed by atoms with Crippen LogP contribution in [0.4, 0.5) is 0 Å². The number of epoxide rings is 1. The van der Waals surface area contributed by atoms with E-state index >= 15 is 0 Å². The number of amides is 1. The third-order valence-corrected chi connectivity index (χ3v) is 9.56. The molecule has 1 unspecified atom stereocenters. The van der Waals surface area contributed by atoms with Gasteiger partial charge in [0.1, 0.15) is 17.3 Å². The fourth-order valence-corrected chi connectivity index (χ4v) is 7.69. The monoisotopic (exact) mass is 523 g/mol. The summed E-state index contributed by atoms with van der Waals surface area (Å²) >= 11 is 0. The molecule has 1 spiro atoms. The number of hydrogen-bond acceptors (Lipinski definition) is 6. The zero-order valence-electron chi connectivity index (χ0n) is 23.3. The predicted molar refractivity (Wildman–Crippen MR) is 143 cm³/mol. The molecule has 5 rings (SSSR count). The molecular weight excluding hydrogens is 482 g/mol. The molecule has 0 radical (unpaired) electrons. The molecule has 2 N–H and O–H groups in total. The Morgan fingerprint density at radius 2 is 1.89 bits per heavy atom. The summed E-state index contributed by atoms with van der Waals surface area (Å²) in [6.07, 6.45) is 8.71. The standard InChI is InChI=1S/C31H41NO6/c1-18-8-7-9-23-27-30(5,38-27)19(2)26-24(16-21-10-12-22(36-6)13-11-21)32-28(34)31(23,26)25(37-20(3)33)14-15-29(4,35)17-18/h7,9-15,18-19,23-27,35H,8,16-17H2,1-6H3,(H,32,34)/b9-7+,15-14+/t18-,19-,23-,24-,25?,26-,27-,29-,30+,31+/m0/s1. The Hall–Kier alpha value is -2.64. The van der Waals surface area contributed by atoms with Crippen LogP contribution < -0.4 is 10.1 Å². The third kappa shape index (κ3) is 4.37. The van der Waals surface area contributed by atoms with Gasteiger partial charge in [-0.05, 0) is 68.7 Å². The molecule has 0 aromatic heterocycles. The van der Waals surface area contributed by atoms with E-state index in [1.807, 2.05) is 24.3 Å². The van der Waals surface area contributed by atoms with E-state index in [-0.39, 0.29) is 47.3 Å². The smallest absolute Gasteiger partial charge is 0.303 e. The van der Waals surface area contributed by atoms with Gasteiger partial charge in [-0.1, -0.05) is 44.2 Å². The number of aliphatic hydroxyl groups is 1. The predicted octanol–water partition coefficient (Wildman–Crippen LogP) is 3.99. The highest BCUT2D eigenvalue weighted by atomic mass is 16.6. The lowest BCUT2D eigenvalue weighted by Gasteiger charge is -2.49. The average molecular weight is 524 g/mol. The number of allylic oxidation sites excluding steroid dienone is 1. The quantitative estimate of drug-likeness (QED) is 0.352. The molecular formula is C31H41NO6. The Balaban J connectivity index is 1.65. The largest absolute Gasteiger partial charge is 0.497 e. The fourth-order valence-electron chi connectivity index (χ4n) is 7.69. The van der Waals surface area contributed by atoms with Gasteiger partial charge in [0.05, 0.1) is 24.4 Å². The Kier molecular flexibility index (Phi) is 6.75. The topological polar surface area (TPSA) is 97.4 Å². The number of rotatable bonds is 4. The first-order valence-corrected chi connectivity index (χ1v) is 13.8. The minimum absolute atomic E-state index is 0.0235. The SMILES string of the molecule is COc1ccc(C[C@@H]2NC(=O)[C@@]34C(OC(C)=O)/C=C/[C@](C)(O)C[C@@H](C)C/C=C/[C@H]3[C@@H]3O[C@]3(C)[C@@H](C)[C@@H]24)cc1. The van der Waals surface area contributed by atoms with Crippen LogP contribution in [0.15, 0.2) is 48.6 Å². The molecule has 2 heterocycles. The van der Waals surface area contributed by atoms with Crippen molar-refractivity contribution in [1.29, 1.82) is 0 Å². The summed E-state index contributed by atoms with van der Waals surface area (Å²) in [5.41, 5.74) is -1.45. The second-order valence-electron chi connectivity index (χ2n) is 12.3. The van der Waals surface area contributed by atoms with Crippen molar-refractivity contribution in [3.8, 4) is 5.75 Å². The number of esters is 1. The van der Waals surface area contributed by atoms with Gasteiger partial charge >= 0.3 is 5.97 Å². The summed E-state index contributed by atoms with van der Waals surface area (Å²) in [6, 6.07) is 7.73. The second-order valence-corrected chi connectivity index (χ2v) is 12.3. The number of carbonyl (C=O) groups excluding carboxylic acids is 2. The lowest BCUT2D eigenvalue weighted by Crippen LogP contribution is -2.60. The number of methoxy groups -OCH3 is 1. The number of hydrogen-bond donors (Lipinski definition) is 2. The first kappa shape index (κ1) is 26.9. The minimum atomic E-state index is -1.10. The Morgan fingerprint density at radius 1 is 1.18 bits per heavy atom. The van der Waals surface area contributed by atoms with Crippen LogP contribution in [0.1, 0.15) is 53.0 Å². The zero-order valence-corrected chi connectivity index (χ0v) is 23.3. The van der Waals surface area contributed by atoms with Crippen LogP contribution in [0.2, 0.25) is 0 Å². The highest BCUT2D eigenvalue weighted by Gasteiger charge is 2.78. The number of benzene rings is 1. The normalized spacial score (nSPS) is 45.3. The highest BCUT2D eigenvalue weighted by molar-refractivity contribution is 5.89. The zero-order chi connectivity index (χ0) is 27.5. The summed E-state index contributed by atoms with van der Waals surface area (Å²) < 4.78 is 17.7. The number of nitrogens with one attached hydrogen (secondary N) is 1. The molecule has 2 aliphatic heterocycles. The molecule has 10 atom stereocenters. The highest BCUT2D eigenvalue weighted by Crippen LogP contribution is 2.67. The number of carbonyl (C=O) groups is 2. The van der Waals surface area contributed by atoms with E-state index in [1.165, 1.54) is 6.92 Å². The molecule has 0 bridgehead atoms. The van der Waals surface area contributed by atoms with E-state index in [9.17, 15) is 14.7 Å². The van der Waals surface area contributed by atoms with Crippen molar-refractivity contribution in [1.82, 2.24) is 5.32 Å². The van der Waals surface area contributed by atoms with Crippen LogP contribution in [-0.4, -0.2) is 53.5 Å². The summed E-state index contributed by atoms with van der Waals surface area (Å²) in [4.78, 5) is 26.8. The number of fused-ring (bicyclic) bond motifs is 2. The lowest BCUT2D eigenvalue weighted by atomic mass is 9.51. The Labute approximate surface area is 225 Å². The molecule has 7 nitrogen and oxygen atoms in total. The van der Waals surface area contributed by atoms with Crippen molar-refractivity contribution in [2.45, 2.75) is 83.3 Å². The van der Waals surface area contributed by atoms with Gasteiger partial charge in [0.2, 0.25) is 5.91 Å². The van der Waals surface area contributed by atoms with E-state index in [0.717, 1.165) is 17.7 Å². The van der Waals surface area contributed by atoms with Gasteiger partial charge < -0.3 is 24.6 Å². The molecule has 1 saturated carbocycles. The van der Waals surface area contributed by atoms with Gasteiger partial charge in [-0.25, -0.2) is 0 Å². The van der Waals surface area contributed by atoms with Crippen LogP contribution in [-0.2, 0) is 25.5 Å². The molecule has 1 aromatic carbocycles. The van der Waals surface area contributed by atoms with E-state index in [1.54, 1.807) is 26.2 Å². The molecule has 38 heavy (non-hydrogen) atoms. The van der Waals surface area contributed by atoms with Crippen LogP contribution >= 0.6 is 0 Å². The van der Waals surface area contributed by atoms with Crippen molar-refractivity contribution >= 4 is 11.9 Å². The van der Waals surface area contributed by atoms with Crippen molar-refractivity contribution in [3.05, 3.63) is 54.1 Å². The maximum Gasteiger partial charge on any atom is 0.303 e. The molecule has 2 saturated heterocycles. The van der Waals surface area contributed by atoms with Gasteiger partial charge in [0.15, 0.2) is 0 Å². The second kappa shape index (κ2) is 9.53. The average Bonchev–Trinajstić information content (AvgIpc) is 3.46. The van der Waals surface area contributed by atoms with Gasteiger partial charge in [-0.3, -0.25) is 9.59 Å². The first-order chi connectivity index (χ1) is 17.9. The van der Waals surface area contributed by atoms with Gasteiger partial charge in [0, 0.05) is 24.8 Å². The van der Waals surface area contributed by atoms with E-state index < -0.39 is 23.1 Å². The first-order valence-electron chi connectivity index (χ1n) is 13.8. The molecule has 7 heteroatoms. The van der Waals surface area contributed by atoms with E-state index in [0.29, 0.717) is 12.8 Å². The van der Waals surface area contributed by atoms with Crippen molar-refractivity contribution in [2.75, 3.05) is 7.11 Å². The number of ether oxygens (including phenoxy) is 3. The van der Waals surface area contributed by atoms with Crippen LogP contribution in [0.25, 0.3) is 0 Å². The molecule has 2 aliphatic carbocycles. The van der Waals surface area contributed by atoms with E-state index in [4.69, 9.17) is 14.2 Å². The fraction of sp³-hybridized carbons (Fsp3) is 0.613. The summed E-state index contributed by atoms with van der Waals surface area (Å²) in [7, 11) is 1.64. The van der Waals surface area contributed by atoms with Crippen molar-refractivity contribution < 1.29 is 28.9 Å². The minimum Gasteiger partial charge on any atom is -0.497 e. The Morgan fingerprint density at radius 3 is 2.55 bits per heavy atom. The van der Waals surface area contributed by atoms with Crippen molar-refractivity contribution in [3.63, 3.8) is 0 Å². The summed E-state index contributed by atoms with van der Waals surface area (Å²) in [6.45, 7) is 9.56. The maximum atomic E-state index is 14.3. The van der Waals surface area contributed by atoms with Gasteiger partial charge in [-0.2, -0.15) is 0 Å². The molecule has 206 valence electrons. The molecule has 4 aliphatic rings. The molecule has 1 amide bonds. The van der Waals surface area contributed by atoms with Crippen LogP contribution in [0.5, 0.6) is 5.75 Å². The third-order valence-electron chi connectivity index (χ3n) is 9.56. The van der Waals surface area contributed by atoms with Gasteiger partial charge in [0.25, 0.3) is 0 Å². The molecule has 3 fully saturated rings. The molecule has 1 aromatic rings. The van der Waals surface area contributed by atoms with E-state index in [2.05, 4.69) is 38.2 Å². The van der Waals surface area contributed by atoms with Crippen LogP contribution in [0, 0.1) is 29.1 Å².